The summed E-state index contributed by atoms with van der Waals surface area (Å²) in [4.78, 5) is 11.7. The Morgan fingerprint density at radius 3 is 2.36 bits per heavy atom. The van der Waals surface area contributed by atoms with E-state index < -0.39 is 30.0 Å². The minimum absolute atomic E-state index is 0.229. The average molecular weight is 393 g/mol. The van der Waals surface area contributed by atoms with E-state index in [4.69, 9.17) is 9.47 Å². The van der Waals surface area contributed by atoms with Crippen molar-refractivity contribution in [3.05, 3.63) is 53.1 Å². The Labute approximate surface area is 161 Å². The van der Waals surface area contributed by atoms with Gasteiger partial charge in [-0.05, 0) is 48.2 Å². The van der Waals surface area contributed by atoms with Gasteiger partial charge in [0.15, 0.2) is 0 Å². The summed E-state index contributed by atoms with van der Waals surface area (Å²) in [6, 6.07) is 8.68. The van der Waals surface area contributed by atoms with Crippen molar-refractivity contribution >= 4 is 6.09 Å². The lowest BCUT2D eigenvalue weighted by Gasteiger charge is -2.21. The molecule has 2 aromatic carbocycles. The number of carbonyl (C=O) groups excluding carboxylic acids is 1. The van der Waals surface area contributed by atoms with Crippen LogP contribution >= 0.6 is 0 Å². The number of amides is 1. The van der Waals surface area contributed by atoms with Crippen molar-refractivity contribution in [3.63, 3.8) is 0 Å². The summed E-state index contributed by atoms with van der Waals surface area (Å²) in [5.41, 5.74) is 1.73. The van der Waals surface area contributed by atoms with Gasteiger partial charge in [0.05, 0.1) is 18.7 Å². The van der Waals surface area contributed by atoms with Gasteiger partial charge in [-0.25, -0.2) is 4.79 Å². The van der Waals surface area contributed by atoms with Crippen LogP contribution in [-0.2, 0) is 10.9 Å². The summed E-state index contributed by atoms with van der Waals surface area (Å²) in [6.07, 6.45) is -5.99. The summed E-state index contributed by atoms with van der Waals surface area (Å²) in [5, 5.41) is 2.59. The standard InChI is InChI=1S/C21H22F3NO3/c1-11(2)13-5-8-18(27-4)16(9-13)15-7-6-14(21(22,23)24)10-17(15)19-12(3)25-20(26)28-19/h5-12,19H,1-4H3,(H,25,26)/t12-,19+/m0/s1. The highest BCUT2D eigenvalue weighted by Crippen LogP contribution is 2.42. The van der Waals surface area contributed by atoms with Gasteiger partial charge < -0.3 is 14.8 Å². The number of alkyl halides is 3. The highest BCUT2D eigenvalue weighted by molar-refractivity contribution is 5.77. The molecule has 0 aliphatic carbocycles. The molecule has 0 bridgehead atoms. The molecule has 1 fully saturated rings. The van der Waals surface area contributed by atoms with E-state index in [1.54, 1.807) is 13.0 Å². The third-order valence-electron chi connectivity index (χ3n) is 4.90. The number of benzene rings is 2. The molecule has 0 radical (unpaired) electrons. The number of rotatable bonds is 4. The molecule has 0 aromatic heterocycles. The van der Waals surface area contributed by atoms with Crippen LogP contribution in [-0.4, -0.2) is 19.2 Å². The Morgan fingerprint density at radius 1 is 1.11 bits per heavy atom. The van der Waals surface area contributed by atoms with Crippen LogP contribution in [0.15, 0.2) is 36.4 Å². The van der Waals surface area contributed by atoms with Crippen molar-refractivity contribution in [2.45, 2.75) is 45.0 Å². The smallest absolute Gasteiger partial charge is 0.416 e. The lowest BCUT2D eigenvalue weighted by Crippen LogP contribution is -2.24. The molecule has 3 rings (SSSR count). The third kappa shape index (κ3) is 3.79. The van der Waals surface area contributed by atoms with Gasteiger partial charge in [-0.15, -0.1) is 0 Å². The van der Waals surface area contributed by atoms with Gasteiger partial charge in [0.25, 0.3) is 0 Å². The fraction of sp³-hybridized carbons (Fsp3) is 0.381. The van der Waals surface area contributed by atoms with E-state index in [1.165, 1.54) is 13.2 Å². The van der Waals surface area contributed by atoms with Gasteiger partial charge in [0.2, 0.25) is 0 Å². The highest BCUT2D eigenvalue weighted by atomic mass is 19.4. The molecule has 1 amide bonds. The zero-order valence-electron chi connectivity index (χ0n) is 16.1. The van der Waals surface area contributed by atoms with Crippen molar-refractivity contribution in [2.75, 3.05) is 7.11 Å². The van der Waals surface area contributed by atoms with E-state index in [1.807, 2.05) is 26.0 Å². The van der Waals surface area contributed by atoms with Crippen LogP contribution in [0, 0.1) is 0 Å². The second-order valence-electron chi connectivity index (χ2n) is 7.17. The van der Waals surface area contributed by atoms with Crippen LogP contribution in [0.1, 0.15) is 49.5 Å². The van der Waals surface area contributed by atoms with E-state index in [9.17, 15) is 18.0 Å². The van der Waals surface area contributed by atoms with Crippen LogP contribution in [0.3, 0.4) is 0 Å². The van der Waals surface area contributed by atoms with Gasteiger partial charge in [-0.2, -0.15) is 13.2 Å². The number of methoxy groups -OCH3 is 1. The quantitative estimate of drug-likeness (QED) is 0.728. The Balaban J connectivity index is 2.23. The number of nitrogens with one attached hydrogen (secondary N) is 1. The molecule has 28 heavy (non-hydrogen) atoms. The Morgan fingerprint density at radius 2 is 1.82 bits per heavy atom. The molecule has 150 valence electrons. The average Bonchev–Trinajstić information content (AvgIpc) is 2.97. The second-order valence-corrected chi connectivity index (χ2v) is 7.17. The van der Waals surface area contributed by atoms with Gasteiger partial charge >= 0.3 is 12.3 Å². The fourth-order valence-corrected chi connectivity index (χ4v) is 3.36. The summed E-state index contributed by atoms with van der Waals surface area (Å²) in [6.45, 7) is 5.76. The molecule has 0 unspecified atom stereocenters. The number of hydrogen-bond donors (Lipinski definition) is 1. The Hall–Kier alpha value is -2.70. The Bertz CT molecular complexity index is 893. The number of hydrogen-bond acceptors (Lipinski definition) is 3. The lowest BCUT2D eigenvalue weighted by atomic mass is 9.89. The van der Waals surface area contributed by atoms with Gasteiger partial charge in [-0.3, -0.25) is 0 Å². The Kier molecular flexibility index (Phi) is 5.28. The predicted molar refractivity (Wildman–Crippen MR) is 99.3 cm³/mol. The molecule has 2 atom stereocenters. The van der Waals surface area contributed by atoms with E-state index in [0.29, 0.717) is 22.4 Å². The predicted octanol–water partition coefficient (Wildman–Crippen LogP) is 5.67. The third-order valence-corrected chi connectivity index (χ3v) is 4.90. The monoisotopic (exact) mass is 393 g/mol. The molecule has 1 heterocycles. The second kappa shape index (κ2) is 7.37. The number of alkyl carbamates (subject to hydrolysis) is 1. The van der Waals surface area contributed by atoms with Crippen LogP contribution in [0.25, 0.3) is 11.1 Å². The molecule has 0 spiro atoms. The molecule has 1 N–H and O–H groups in total. The van der Waals surface area contributed by atoms with Gasteiger partial charge in [0.1, 0.15) is 11.9 Å². The summed E-state index contributed by atoms with van der Waals surface area (Å²) in [7, 11) is 1.51. The zero-order valence-corrected chi connectivity index (χ0v) is 16.1. The maximum absolute atomic E-state index is 13.3. The first-order valence-corrected chi connectivity index (χ1v) is 8.98. The van der Waals surface area contributed by atoms with E-state index in [-0.39, 0.29) is 5.92 Å². The van der Waals surface area contributed by atoms with Crippen molar-refractivity contribution in [1.82, 2.24) is 5.32 Å². The minimum atomic E-state index is -4.50. The van der Waals surface area contributed by atoms with Crippen LogP contribution in [0.5, 0.6) is 5.75 Å². The summed E-state index contributed by atoms with van der Waals surface area (Å²) in [5.74, 6) is 0.766. The minimum Gasteiger partial charge on any atom is -0.496 e. The number of ether oxygens (including phenoxy) is 2. The molecule has 1 aliphatic rings. The first-order chi connectivity index (χ1) is 13.1. The SMILES string of the molecule is COc1ccc(C(C)C)cc1-c1ccc(C(F)(F)F)cc1[C@@H]1OC(=O)N[C@H]1C. The molecule has 0 saturated carbocycles. The number of cyclic esters (lactones) is 1. The molecule has 7 heteroatoms. The number of halogens is 3. The first-order valence-electron chi connectivity index (χ1n) is 8.98. The molecule has 2 aromatic rings. The van der Waals surface area contributed by atoms with Crippen molar-refractivity contribution in [3.8, 4) is 16.9 Å². The van der Waals surface area contributed by atoms with Gasteiger partial charge in [0, 0.05) is 11.1 Å². The largest absolute Gasteiger partial charge is 0.496 e. The molecule has 4 nitrogen and oxygen atoms in total. The maximum Gasteiger partial charge on any atom is 0.416 e. The molecular weight excluding hydrogens is 371 g/mol. The van der Waals surface area contributed by atoms with Crippen molar-refractivity contribution in [1.29, 1.82) is 0 Å². The zero-order chi connectivity index (χ0) is 20.6. The number of carbonyl (C=O) groups is 1. The fourth-order valence-electron chi connectivity index (χ4n) is 3.36. The van der Waals surface area contributed by atoms with Crippen LogP contribution in [0.2, 0.25) is 0 Å². The maximum atomic E-state index is 13.3. The molecule has 1 saturated heterocycles. The van der Waals surface area contributed by atoms with Crippen LogP contribution in [0.4, 0.5) is 18.0 Å². The molecular formula is C21H22F3NO3. The molecule has 1 aliphatic heterocycles. The first kappa shape index (κ1) is 20.0. The lowest BCUT2D eigenvalue weighted by molar-refractivity contribution is -0.137. The summed E-state index contributed by atoms with van der Waals surface area (Å²) < 4.78 is 50.7. The topological polar surface area (TPSA) is 47.6 Å². The van der Waals surface area contributed by atoms with E-state index >= 15 is 0 Å². The highest BCUT2D eigenvalue weighted by Gasteiger charge is 2.37. The summed E-state index contributed by atoms with van der Waals surface area (Å²) >= 11 is 0. The van der Waals surface area contributed by atoms with Gasteiger partial charge in [-0.1, -0.05) is 26.0 Å². The van der Waals surface area contributed by atoms with Crippen molar-refractivity contribution in [2.24, 2.45) is 0 Å². The van der Waals surface area contributed by atoms with Crippen molar-refractivity contribution < 1.29 is 27.4 Å². The van der Waals surface area contributed by atoms with Crippen LogP contribution < -0.4 is 10.1 Å². The normalized spacial score (nSPS) is 19.5. The van der Waals surface area contributed by atoms with E-state index in [2.05, 4.69) is 5.32 Å². The van der Waals surface area contributed by atoms with E-state index in [0.717, 1.165) is 17.7 Å².